The van der Waals surface area contributed by atoms with Crippen molar-refractivity contribution in [2.45, 2.75) is 6.54 Å². The minimum atomic E-state index is -0.307. The number of aromatic hydroxyl groups is 1. The first kappa shape index (κ1) is 20.4. The molecule has 8 heteroatoms. The summed E-state index contributed by atoms with van der Waals surface area (Å²) in [6.07, 6.45) is 1.51. The second kappa shape index (κ2) is 8.22. The molecule has 0 fully saturated rings. The molecule has 4 aromatic rings. The third kappa shape index (κ3) is 3.79. The quantitative estimate of drug-likeness (QED) is 0.400. The standard InChI is InChI=1S/C24H16Cl2N2O4/c25-15-8-16(26)10-17(9-15)27-11-20-18-3-1-2-4-19(18)23(29)28(24(20)30)12-14-5-6-21-22(7-14)32-13-31-21/h1-11,30H,12-13H2. The van der Waals surface area contributed by atoms with Crippen LogP contribution in [0.3, 0.4) is 0 Å². The summed E-state index contributed by atoms with van der Waals surface area (Å²) in [6, 6.07) is 17.4. The molecular formula is C24H16Cl2N2O4. The Morgan fingerprint density at radius 1 is 0.969 bits per heavy atom. The molecule has 0 spiro atoms. The van der Waals surface area contributed by atoms with Crippen molar-refractivity contribution in [1.82, 2.24) is 4.57 Å². The number of hydrogen-bond donors (Lipinski definition) is 1. The van der Waals surface area contributed by atoms with E-state index in [1.807, 2.05) is 6.07 Å². The van der Waals surface area contributed by atoms with E-state index in [9.17, 15) is 9.90 Å². The molecule has 0 amide bonds. The number of halogens is 2. The molecule has 160 valence electrons. The molecule has 3 aromatic carbocycles. The average molecular weight is 467 g/mol. The van der Waals surface area contributed by atoms with Crippen molar-refractivity contribution in [3.63, 3.8) is 0 Å². The Morgan fingerprint density at radius 3 is 2.47 bits per heavy atom. The van der Waals surface area contributed by atoms with Crippen molar-refractivity contribution in [2.24, 2.45) is 4.99 Å². The molecule has 1 N–H and O–H groups in total. The number of ether oxygens (including phenoxy) is 2. The van der Waals surface area contributed by atoms with Gasteiger partial charge < -0.3 is 14.6 Å². The number of rotatable bonds is 4. The molecule has 32 heavy (non-hydrogen) atoms. The van der Waals surface area contributed by atoms with Crippen molar-refractivity contribution < 1.29 is 14.6 Å². The van der Waals surface area contributed by atoms with Gasteiger partial charge in [0.05, 0.1) is 17.8 Å². The summed E-state index contributed by atoms with van der Waals surface area (Å²) < 4.78 is 12.1. The van der Waals surface area contributed by atoms with Crippen LogP contribution in [0.5, 0.6) is 17.4 Å². The highest BCUT2D eigenvalue weighted by Crippen LogP contribution is 2.33. The molecule has 0 saturated heterocycles. The Morgan fingerprint density at radius 2 is 1.69 bits per heavy atom. The number of aliphatic imine (C=N–C) groups is 1. The maximum Gasteiger partial charge on any atom is 0.261 e. The van der Waals surface area contributed by atoms with E-state index in [0.717, 1.165) is 5.56 Å². The molecule has 1 aliphatic heterocycles. The maximum absolute atomic E-state index is 13.2. The second-order valence-corrected chi connectivity index (χ2v) is 8.12. The molecule has 2 heterocycles. The van der Waals surface area contributed by atoms with Gasteiger partial charge in [-0.1, -0.05) is 47.5 Å². The van der Waals surface area contributed by atoms with Gasteiger partial charge in [-0.05, 0) is 42.0 Å². The minimum Gasteiger partial charge on any atom is -0.494 e. The molecule has 0 atom stereocenters. The fourth-order valence-electron chi connectivity index (χ4n) is 3.66. The van der Waals surface area contributed by atoms with E-state index in [0.29, 0.717) is 43.6 Å². The zero-order valence-electron chi connectivity index (χ0n) is 16.6. The highest BCUT2D eigenvalue weighted by molar-refractivity contribution is 6.35. The van der Waals surface area contributed by atoms with Gasteiger partial charge in [0.25, 0.3) is 5.56 Å². The normalized spacial score (nSPS) is 12.7. The summed E-state index contributed by atoms with van der Waals surface area (Å²) >= 11 is 12.1. The van der Waals surface area contributed by atoms with E-state index >= 15 is 0 Å². The number of aromatic nitrogens is 1. The SMILES string of the molecule is O=c1c2ccccc2c(C=Nc2cc(Cl)cc(Cl)c2)c(O)n1Cc1ccc2c(c1)OCO2. The number of benzene rings is 3. The summed E-state index contributed by atoms with van der Waals surface area (Å²) in [7, 11) is 0. The second-order valence-electron chi connectivity index (χ2n) is 7.25. The lowest BCUT2D eigenvalue weighted by molar-refractivity contribution is 0.174. The minimum absolute atomic E-state index is 0.149. The predicted molar refractivity (Wildman–Crippen MR) is 125 cm³/mol. The smallest absolute Gasteiger partial charge is 0.261 e. The van der Waals surface area contributed by atoms with E-state index in [4.69, 9.17) is 32.7 Å². The number of nitrogens with zero attached hydrogens (tertiary/aromatic N) is 2. The van der Waals surface area contributed by atoms with Crippen molar-refractivity contribution in [1.29, 1.82) is 0 Å². The first-order valence-electron chi connectivity index (χ1n) is 9.73. The Hall–Kier alpha value is -3.48. The zero-order valence-corrected chi connectivity index (χ0v) is 18.1. The summed E-state index contributed by atoms with van der Waals surface area (Å²) in [6.45, 7) is 0.310. The molecule has 1 aliphatic rings. The third-order valence-corrected chi connectivity index (χ3v) is 5.59. The van der Waals surface area contributed by atoms with Gasteiger partial charge in [-0.15, -0.1) is 0 Å². The van der Waals surface area contributed by atoms with Gasteiger partial charge in [0, 0.05) is 27.0 Å². The van der Waals surface area contributed by atoms with Crippen LogP contribution in [-0.2, 0) is 6.54 Å². The Labute approximate surface area is 192 Å². The highest BCUT2D eigenvalue weighted by Gasteiger charge is 2.17. The maximum atomic E-state index is 13.2. The van der Waals surface area contributed by atoms with Crippen molar-refractivity contribution in [3.05, 3.63) is 92.2 Å². The summed E-state index contributed by atoms with van der Waals surface area (Å²) in [5.41, 5.74) is 1.42. The zero-order chi connectivity index (χ0) is 22.2. The van der Waals surface area contributed by atoms with Crippen LogP contribution in [0.25, 0.3) is 10.8 Å². The molecule has 0 aliphatic carbocycles. The molecule has 5 rings (SSSR count). The third-order valence-electron chi connectivity index (χ3n) is 5.16. The summed E-state index contributed by atoms with van der Waals surface area (Å²) in [5.74, 6) is 1.07. The van der Waals surface area contributed by atoms with Crippen LogP contribution in [0.1, 0.15) is 11.1 Å². The van der Waals surface area contributed by atoms with Gasteiger partial charge in [-0.3, -0.25) is 14.4 Å². The van der Waals surface area contributed by atoms with Gasteiger partial charge in [0.15, 0.2) is 11.5 Å². The molecular weight excluding hydrogens is 451 g/mol. The van der Waals surface area contributed by atoms with E-state index in [1.165, 1.54) is 10.8 Å². The number of fused-ring (bicyclic) bond motifs is 2. The van der Waals surface area contributed by atoms with Crippen molar-refractivity contribution in [3.8, 4) is 17.4 Å². The molecule has 0 unspecified atom stereocenters. The van der Waals surface area contributed by atoms with E-state index in [2.05, 4.69) is 4.99 Å². The van der Waals surface area contributed by atoms with Crippen LogP contribution in [-0.4, -0.2) is 22.7 Å². The summed E-state index contributed by atoms with van der Waals surface area (Å²) in [4.78, 5) is 17.6. The van der Waals surface area contributed by atoms with Crippen LogP contribution in [0.4, 0.5) is 5.69 Å². The van der Waals surface area contributed by atoms with E-state index < -0.39 is 0 Å². The van der Waals surface area contributed by atoms with Gasteiger partial charge in [0.1, 0.15) is 0 Å². The van der Waals surface area contributed by atoms with Crippen molar-refractivity contribution in [2.75, 3.05) is 6.79 Å². The van der Waals surface area contributed by atoms with E-state index in [1.54, 1.807) is 54.6 Å². The lowest BCUT2D eigenvalue weighted by Crippen LogP contribution is -2.22. The molecule has 0 saturated carbocycles. The fraction of sp³-hybridized carbons (Fsp3) is 0.0833. The number of hydrogen-bond acceptors (Lipinski definition) is 5. The lowest BCUT2D eigenvalue weighted by atomic mass is 10.1. The fourth-order valence-corrected chi connectivity index (χ4v) is 4.18. The highest BCUT2D eigenvalue weighted by atomic mass is 35.5. The van der Waals surface area contributed by atoms with Crippen LogP contribution in [0.15, 0.2) is 70.5 Å². The Kier molecular flexibility index (Phi) is 5.25. The van der Waals surface area contributed by atoms with Crippen LogP contribution < -0.4 is 15.0 Å². The van der Waals surface area contributed by atoms with Crippen LogP contribution in [0, 0.1) is 0 Å². The first-order valence-corrected chi connectivity index (χ1v) is 10.5. The van der Waals surface area contributed by atoms with Gasteiger partial charge in [0.2, 0.25) is 12.7 Å². The Balaban J connectivity index is 1.63. The van der Waals surface area contributed by atoms with Gasteiger partial charge >= 0.3 is 0 Å². The summed E-state index contributed by atoms with van der Waals surface area (Å²) in [5, 5.41) is 13.0. The van der Waals surface area contributed by atoms with Crippen LogP contribution in [0.2, 0.25) is 10.0 Å². The van der Waals surface area contributed by atoms with Crippen molar-refractivity contribution >= 4 is 45.9 Å². The van der Waals surface area contributed by atoms with Gasteiger partial charge in [-0.2, -0.15) is 0 Å². The first-order chi connectivity index (χ1) is 15.5. The molecule has 0 radical (unpaired) electrons. The Bertz CT molecular complexity index is 1430. The predicted octanol–water partition coefficient (Wildman–Crippen LogP) is 5.54. The molecule has 6 nitrogen and oxygen atoms in total. The average Bonchev–Trinajstić information content (AvgIpc) is 3.24. The number of pyridine rings is 1. The molecule has 1 aromatic heterocycles. The van der Waals surface area contributed by atoms with E-state index in [-0.39, 0.29) is 24.8 Å². The lowest BCUT2D eigenvalue weighted by Gasteiger charge is -2.14. The largest absolute Gasteiger partial charge is 0.494 e. The topological polar surface area (TPSA) is 73.0 Å². The monoisotopic (exact) mass is 466 g/mol. The molecule has 0 bridgehead atoms. The van der Waals surface area contributed by atoms with Gasteiger partial charge in [-0.25, -0.2) is 0 Å². The van der Waals surface area contributed by atoms with Crippen LogP contribution >= 0.6 is 23.2 Å².